The zero-order chi connectivity index (χ0) is 16.0. The number of rotatable bonds is 6. The first-order chi connectivity index (χ1) is 10.5. The van der Waals surface area contributed by atoms with Gasteiger partial charge in [0.25, 0.3) is 0 Å². The van der Waals surface area contributed by atoms with E-state index >= 15 is 0 Å². The molecule has 0 spiro atoms. The molecular weight excluding hydrogens is 300 g/mol. The number of alkyl halides is 3. The number of ether oxygens (including phenoxy) is 2. The van der Waals surface area contributed by atoms with Crippen LogP contribution in [0.2, 0.25) is 0 Å². The predicted molar refractivity (Wildman–Crippen MR) is 75.0 cm³/mol. The lowest BCUT2D eigenvalue weighted by Gasteiger charge is -2.27. The zero-order valence-corrected chi connectivity index (χ0v) is 12.3. The van der Waals surface area contributed by atoms with Gasteiger partial charge in [0, 0.05) is 25.7 Å². The molecule has 1 aromatic carbocycles. The maximum Gasteiger partial charge on any atom is 0.573 e. The van der Waals surface area contributed by atoms with Crippen molar-refractivity contribution in [2.75, 3.05) is 26.4 Å². The molecule has 1 aromatic rings. The summed E-state index contributed by atoms with van der Waals surface area (Å²) in [5.41, 5.74) is 0.655. The fourth-order valence-electron chi connectivity index (χ4n) is 2.05. The van der Waals surface area contributed by atoms with Gasteiger partial charge < -0.3 is 18.8 Å². The zero-order valence-electron chi connectivity index (χ0n) is 12.3. The van der Waals surface area contributed by atoms with E-state index in [1.54, 1.807) is 0 Å². The summed E-state index contributed by atoms with van der Waals surface area (Å²) in [6, 6.07) is 5.48. The molecule has 8 heteroatoms. The second-order valence-electron chi connectivity index (χ2n) is 5.06. The molecule has 0 aromatic heterocycles. The highest BCUT2D eigenvalue weighted by molar-refractivity contribution is 6.61. The van der Waals surface area contributed by atoms with Crippen LogP contribution >= 0.6 is 0 Å². The molecule has 0 saturated carbocycles. The molecule has 1 saturated heterocycles. The first kappa shape index (κ1) is 17.1. The van der Waals surface area contributed by atoms with E-state index in [0.717, 1.165) is 6.42 Å². The van der Waals surface area contributed by atoms with Crippen LogP contribution in [-0.4, -0.2) is 39.9 Å². The Labute approximate surface area is 127 Å². The van der Waals surface area contributed by atoms with E-state index in [1.807, 2.05) is 6.92 Å². The van der Waals surface area contributed by atoms with Crippen LogP contribution in [-0.2, 0) is 14.0 Å². The molecule has 0 aliphatic carbocycles. The van der Waals surface area contributed by atoms with E-state index in [-0.39, 0.29) is 11.7 Å². The molecule has 22 heavy (non-hydrogen) atoms. The second-order valence-corrected chi connectivity index (χ2v) is 5.06. The third-order valence-corrected chi connectivity index (χ3v) is 3.05. The highest BCUT2D eigenvalue weighted by Gasteiger charge is 2.32. The van der Waals surface area contributed by atoms with Gasteiger partial charge in [0.1, 0.15) is 5.75 Å². The molecule has 0 bridgehead atoms. The van der Waals surface area contributed by atoms with Crippen LogP contribution in [0.5, 0.6) is 5.75 Å². The minimum atomic E-state index is -4.69. The number of hydrogen-bond acceptors (Lipinski definition) is 4. The lowest BCUT2D eigenvalue weighted by atomic mass is 9.77. The topological polar surface area (TPSA) is 36.9 Å². The van der Waals surface area contributed by atoms with Crippen molar-refractivity contribution in [1.82, 2.24) is 0 Å². The number of halogens is 3. The Morgan fingerprint density at radius 1 is 1.18 bits per heavy atom. The Hall–Kier alpha value is -1.25. The molecule has 2 rings (SSSR count). The van der Waals surface area contributed by atoms with Crippen LogP contribution in [0.4, 0.5) is 13.2 Å². The van der Waals surface area contributed by atoms with Crippen LogP contribution in [0.15, 0.2) is 24.3 Å². The normalized spacial score (nSPS) is 16.8. The van der Waals surface area contributed by atoms with E-state index in [9.17, 15) is 13.2 Å². The maximum atomic E-state index is 12.1. The molecule has 122 valence electrons. The monoisotopic (exact) mass is 318 g/mol. The molecule has 1 fully saturated rings. The van der Waals surface area contributed by atoms with Gasteiger partial charge in [-0.15, -0.1) is 13.2 Å². The summed E-state index contributed by atoms with van der Waals surface area (Å²) in [4.78, 5) is 0. The van der Waals surface area contributed by atoms with Gasteiger partial charge in [0.2, 0.25) is 0 Å². The van der Waals surface area contributed by atoms with Crippen LogP contribution < -0.4 is 10.2 Å². The summed E-state index contributed by atoms with van der Waals surface area (Å²) < 4.78 is 56.7. The van der Waals surface area contributed by atoms with Gasteiger partial charge in [-0.25, -0.2) is 0 Å². The van der Waals surface area contributed by atoms with E-state index in [2.05, 4.69) is 4.74 Å². The first-order valence-electron chi connectivity index (χ1n) is 7.14. The van der Waals surface area contributed by atoms with Crippen molar-refractivity contribution < 1.29 is 32.0 Å². The summed E-state index contributed by atoms with van der Waals surface area (Å²) >= 11 is 0. The lowest BCUT2D eigenvalue weighted by Crippen LogP contribution is -2.45. The Morgan fingerprint density at radius 3 is 2.36 bits per heavy atom. The summed E-state index contributed by atoms with van der Waals surface area (Å²) in [6.07, 6.45) is -3.73. The SMILES string of the molecule is CCCOCC1COB(c2ccc(OC(F)(F)F)cc2)OC1. The van der Waals surface area contributed by atoms with Gasteiger partial charge in [-0.2, -0.15) is 0 Å². The largest absolute Gasteiger partial charge is 0.573 e. The fraction of sp³-hybridized carbons (Fsp3) is 0.571. The van der Waals surface area contributed by atoms with Crippen molar-refractivity contribution in [3.63, 3.8) is 0 Å². The van der Waals surface area contributed by atoms with E-state index in [1.165, 1.54) is 24.3 Å². The Morgan fingerprint density at radius 2 is 1.82 bits per heavy atom. The average Bonchev–Trinajstić information content (AvgIpc) is 2.48. The van der Waals surface area contributed by atoms with Crippen molar-refractivity contribution in [2.24, 2.45) is 5.92 Å². The van der Waals surface area contributed by atoms with Gasteiger partial charge in [0.05, 0.1) is 6.61 Å². The summed E-state index contributed by atoms with van der Waals surface area (Å²) in [5, 5.41) is 0. The van der Waals surface area contributed by atoms with Crippen LogP contribution in [0, 0.1) is 5.92 Å². The van der Waals surface area contributed by atoms with Crippen molar-refractivity contribution in [3.8, 4) is 5.75 Å². The quantitative estimate of drug-likeness (QED) is 0.596. The van der Waals surface area contributed by atoms with Crippen molar-refractivity contribution in [1.29, 1.82) is 0 Å². The summed E-state index contributed by atoms with van der Waals surface area (Å²) in [5.74, 6) is -0.0893. The first-order valence-corrected chi connectivity index (χ1v) is 7.14. The Bertz CT molecular complexity index is 444. The van der Waals surface area contributed by atoms with Gasteiger partial charge in [-0.3, -0.25) is 0 Å². The van der Waals surface area contributed by atoms with Crippen LogP contribution in [0.1, 0.15) is 13.3 Å². The van der Waals surface area contributed by atoms with Gasteiger partial charge in [-0.1, -0.05) is 19.1 Å². The number of hydrogen-bond donors (Lipinski definition) is 0. The minimum absolute atomic E-state index is 0.177. The highest BCUT2D eigenvalue weighted by atomic mass is 19.4. The minimum Gasteiger partial charge on any atom is -0.407 e. The van der Waals surface area contributed by atoms with Crippen molar-refractivity contribution >= 4 is 12.6 Å². The standard InChI is InChI=1S/C14H18BF3O4/c1-2-7-19-8-11-9-20-15(21-10-11)12-3-5-13(6-4-12)22-14(16,17)18/h3-6,11H,2,7-10H2,1H3. The van der Waals surface area contributed by atoms with Crippen LogP contribution in [0.25, 0.3) is 0 Å². The fourth-order valence-corrected chi connectivity index (χ4v) is 2.05. The molecule has 1 heterocycles. The number of benzene rings is 1. The Kier molecular flexibility index (Phi) is 6.11. The molecular formula is C14H18BF3O4. The molecule has 1 aliphatic rings. The molecule has 0 N–H and O–H groups in total. The Balaban J connectivity index is 1.81. The molecule has 4 nitrogen and oxygen atoms in total. The predicted octanol–water partition coefficient (Wildman–Crippen LogP) is 2.37. The highest BCUT2D eigenvalue weighted by Crippen LogP contribution is 2.21. The molecule has 0 atom stereocenters. The van der Waals surface area contributed by atoms with Gasteiger partial charge >= 0.3 is 13.5 Å². The van der Waals surface area contributed by atoms with E-state index < -0.39 is 13.5 Å². The smallest absolute Gasteiger partial charge is 0.407 e. The van der Waals surface area contributed by atoms with Crippen molar-refractivity contribution in [3.05, 3.63) is 24.3 Å². The molecule has 0 amide bonds. The average molecular weight is 318 g/mol. The molecule has 0 radical (unpaired) electrons. The van der Waals surface area contributed by atoms with Crippen LogP contribution in [0.3, 0.4) is 0 Å². The van der Waals surface area contributed by atoms with E-state index in [4.69, 9.17) is 14.0 Å². The molecule has 0 unspecified atom stereocenters. The second kappa shape index (κ2) is 7.85. The molecule has 1 aliphatic heterocycles. The third-order valence-electron chi connectivity index (χ3n) is 3.05. The third kappa shape index (κ3) is 5.51. The summed E-state index contributed by atoms with van der Waals surface area (Å²) in [6.45, 7) is 4.32. The van der Waals surface area contributed by atoms with Gasteiger partial charge in [-0.05, 0) is 24.0 Å². The van der Waals surface area contributed by atoms with Gasteiger partial charge in [0.15, 0.2) is 0 Å². The lowest BCUT2D eigenvalue weighted by molar-refractivity contribution is -0.274. The van der Waals surface area contributed by atoms with Crippen molar-refractivity contribution in [2.45, 2.75) is 19.7 Å². The summed E-state index contributed by atoms with van der Waals surface area (Å²) in [7, 11) is -0.567. The maximum absolute atomic E-state index is 12.1. The van der Waals surface area contributed by atoms with E-state index in [0.29, 0.717) is 31.9 Å².